The van der Waals surface area contributed by atoms with E-state index in [4.69, 9.17) is 5.41 Å². The van der Waals surface area contributed by atoms with Crippen LogP contribution in [0.4, 0.5) is 0 Å². The second-order valence-corrected chi connectivity index (χ2v) is 3.13. The summed E-state index contributed by atoms with van der Waals surface area (Å²) in [5.74, 6) is -0.659. The van der Waals surface area contributed by atoms with Crippen molar-refractivity contribution < 1.29 is 14.6 Å². The Morgan fingerprint density at radius 1 is 1.54 bits per heavy atom. The summed E-state index contributed by atoms with van der Waals surface area (Å²) in [6.07, 6.45) is 0.581. The average Bonchev–Trinajstić information content (AvgIpc) is 2.04. The second kappa shape index (κ2) is 4.97. The smallest absolute Gasteiger partial charge is 0.338 e. The summed E-state index contributed by atoms with van der Waals surface area (Å²) in [6.45, 7) is 5.10. The minimum Gasteiger partial charge on any atom is -0.464 e. The number of ether oxygens (including phenoxy) is 1. The number of aliphatic hydroxyl groups is 1. The summed E-state index contributed by atoms with van der Waals surface area (Å²) < 4.78 is 4.67. The lowest BCUT2D eigenvalue weighted by Crippen LogP contribution is -2.38. The first-order chi connectivity index (χ1) is 5.94. The molecule has 0 aromatic heterocycles. The highest BCUT2D eigenvalue weighted by molar-refractivity contribution is 5.89. The van der Waals surface area contributed by atoms with Gasteiger partial charge in [-0.15, -0.1) is 0 Å². The Balaban J connectivity index is 4.21. The molecule has 0 bridgehead atoms. The van der Waals surface area contributed by atoms with E-state index in [0.717, 1.165) is 0 Å². The average molecular weight is 187 g/mol. The van der Waals surface area contributed by atoms with Crippen molar-refractivity contribution in [2.75, 3.05) is 6.61 Å². The van der Waals surface area contributed by atoms with Gasteiger partial charge in [-0.3, -0.25) is 0 Å². The van der Waals surface area contributed by atoms with Crippen molar-refractivity contribution in [3.05, 3.63) is 0 Å². The van der Waals surface area contributed by atoms with Crippen molar-refractivity contribution in [2.45, 2.75) is 39.2 Å². The van der Waals surface area contributed by atoms with E-state index < -0.39 is 11.6 Å². The number of rotatable bonds is 5. The van der Waals surface area contributed by atoms with Crippen LogP contribution < -0.4 is 0 Å². The predicted octanol–water partition coefficient (Wildman–Crippen LogP) is 1.12. The Morgan fingerprint density at radius 3 is 2.46 bits per heavy atom. The zero-order valence-electron chi connectivity index (χ0n) is 8.39. The lowest BCUT2D eigenvalue weighted by Gasteiger charge is -2.20. The van der Waals surface area contributed by atoms with Gasteiger partial charge in [-0.25, -0.2) is 4.79 Å². The lowest BCUT2D eigenvalue weighted by molar-refractivity contribution is -0.162. The van der Waals surface area contributed by atoms with E-state index in [1.165, 1.54) is 6.92 Å². The standard InChI is InChI=1S/C9H17NO3/c1-4-7(10)6-9(3,12)8(11)13-5-2/h10,12H,4-6H2,1-3H3. The van der Waals surface area contributed by atoms with Crippen LogP contribution in [0.1, 0.15) is 33.6 Å². The molecule has 0 aliphatic carbocycles. The Kier molecular flexibility index (Phi) is 4.62. The molecule has 0 aliphatic heterocycles. The second-order valence-electron chi connectivity index (χ2n) is 3.13. The molecule has 0 rings (SSSR count). The maximum absolute atomic E-state index is 11.1. The minimum atomic E-state index is -1.55. The fourth-order valence-corrected chi connectivity index (χ4v) is 0.899. The topological polar surface area (TPSA) is 70.4 Å². The third kappa shape index (κ3) is 4.03. The summed E-state index contributed by atoms with van der Waals surface area (Å²) in [6, 6.07) is 0. The molecule has 0 amide bonds. The maximum atomic E-state index is 11.1. The van der Waals surface area contributed by atoms with E-state index >= 15 is 0 Å². The molecule has 13 heavy (non-hydrogen) atoms. The Bertz CT molecular complexity index is 199. The minimum absolute atomic E-state index is 0.0440. The van der Waals surface area contributed by atoms with Gasteiger partial charge in [0.2, 0.25) is 0 Å². The molecule has 0 saturated heterocycles. The number of hydrogen-bond donors (Lipinski definition) is 2. The van der Waals surface area contributed by atoms with Gasteiger partial charge in [0.25, 0.3) is 0 Å². The van der Waals surface area contributed by atoms with Gasteiger partial charge in [-0.1, -0.05) is 6.92 Å². The quantitative estimate of drug-likeness (QED) is 0.500. The highest BCUT2D eigenvalue weighted by atomic mass is 16.5. The van der Waals surface area contributed by atoms with E-state index in [-0.39, 0.29) is 13.0 Å². The normalized spacial score (nSPS) is 14.8. The van der Waals surface area contributed by atoms with Crippen molar-refractivity contribution >= 4 is 11.7 Å². The fourth-order valence-electron chi connectivity index (χ4n) is 0.899. The molecule has 0 heterocycles. The molecule has 0 aromatic rings. The molecule has 1 atom stereocenters. The molecular formula is C9H17NO3. The van der Waals surface area contributed by atoms with Gasteiger partial charge >= 0.3 is 5.97 Å². The molecule has 4 nitrogen and oxygen atoms in total. The number of esters is 1. The SMILES string of the molecule is CCOC(=O)C(C)(O)CC(=N)CC. The molecule has 0 aromatic carbocycles. The van der Waals surface area contributed by atoms with Crippen molar-refractivity contribution in [3.8, 4) is 0 Å². The molecule has 76 valence electrons. The van der Waals surface area contributed by atoms with Crippen LogP contribution in [0.15, 0.2) is 0 Å². The van der Waals surface area contributed by atoms with Crippen LogP contribution in [0, 0.1) is 5.41 Å². The van der Waals surface area contributed by atoms with Crippen LogP contribution in [0.5, 0.6) is 0 Å². The largest absolute Gasteiger partial charge is 0.464 e. The fraction of sp³-hybridized carbons (Fsp3) is 0.778. The van der Waals surface area contributed by atoms with Gasteiger partial charge in [-0.2, -0.15) is 0 Å². The number of nitrogens with one attached hydrogen (secondary N) is 1. The monoisotopic (exact) mass is 187 g/mol. The van der Waals surface area contributed by atoms with Crippen molar-refractivity contribution in [1.29, 1.82) is 5.41 Å². The van der Waals surface area contributed by atoms with Gasteiger partial charge < -0.3 is 15.3 Å². The molecule has 2 N–H and O–H groups in total. The molecular weight excluding hydrogens is 170 g/mol. The zero-order valence-corrected chi connectivity index (χ0v) is 8.39. The lowest BCUT2D eigenvalue weighted by atomic mass is 9.98. The van der Waals surface area contributed by atoms with Crippen molar-refractivity contribution in [1.82, 2.24) is 0 Å². The van der Waals surface area contributed by atoms with Crippen LogP contribution in [0.2, 0.25) is 0 Å². The van der Waals surface area contributed by atoms with E-state index in [1.54, 1.807) is 6.92 Å². The van der Waals surface area contributed by atoms with Crippen LogP contribution in [-0.4, -0.2) is 29.0 Å². The number of carbonyl (C=O) groups excluding carboxylic acids is 1. The van der Waals surface area contributed by atoms with Crippen LogP contribution in [0.25, 0.3) is 0 Å². The van der Waals surface area contributed by atoms with E-state index in [0.29, 0.717) is 12.1 Å². The van der Waals surface area contributed by atoms with Gasteiger partial charge in [0.1, 0.15) is 0 Å². The Morgan fingerprint density at radius 2 is 2.08 bits per heavy atom. The first-order valence-corrected chi connectivity index (χ1v) is 4.40. The van der Waals surface area contributed by atoms with Gasteiger partial charge in [0.05, 0.1) is 6.61 Å². The molecule has 0 saturated carbocycles. The molecule has 4 heteroatoms. The summed E-state index contributed by atoms with van der Waals surface area (Å²) in [5.41, 5.74) is -1.21. The summed E-state index contributed by atoms with van der Waals surface area (Å²) in [4.78, 5) is 11.1. The molecule has 0 fully saturated rings. The predicted molar refractivity (Wildman–Crippen MR) is 49.9 cm³/mol. The van der Waals surface area contributed by atoms with Crippen LogP contribution in [-0.2, 0) is 9.53 Å². The van der Waals surface area contributed by atoms with Crippen molar-refractivity contribution in [2.24, 2.45) is 0 Å². The van der Waals surface area contributed by atoms with Gasteiger partial charge in [0, 0.05) is 12.1 Å². The van der Waals surface area contributed by atoms with Crippen LogP contribution >= 0.6 is 0 Å². The molecule has 0 aliphatic rings. The summed E-state index contributed by atoms with van der Waals surface area (Å²) in [5, 5.41) is 17.0. The Labute approximate surface area is 78.4 Å². The highest BCUT2D eigenvalue weighted by Crippen LogP contribution is 2.13. The first kappa shape index (κ1) is 12.1. The highest BCUT2D eigenvalue weighted by Gasteiger charge is 2.32. The first-order valence-electron chi connectivity index (χ1n) is 4.40. The molecule has 0 spiro atoms. The van der Waals surface area contributed by atoms with E-state index in [9.17, 15) is 9.90 Å². The van der Waals surface area contributed by atoms with E-state index in [2.05, 4.69) is 4.74 Å². The number of hydrogen-bond acceptors (Lipinski definition) is 4. The van der Waals surface area contributed by atoms with Gasteiger partial charge in [0.15, 0.2) is 5.60 Å². The van der Waals surface area contributed by atoms with E-state index in [1.807, 2.05) is 6.92 Å². The van der Waals surface area contributed by atoms with Crippen molar-refractivity contribution in [3.63, 3.8) is 0 Å². The molecule has 1 unspecified atom stereocenters. The number of carbonyl (C=O) groups is 1. The van der Waals surface area contributed by atoms with Gasteiger partial charge in [-0.05, 0) is 20.3 Å². The maximum Gasteiger partial charge on any atom is 0.338 e. The van der Waals surface area contributed by atoms with Crippen LogP contribution in [0.3, 0.4) is 0 Å². The third-order valence-electron chi connectivity index (χ3n) is 1.70. The zero-order chi connectivity index (χ0) is 10.5. The summed E-state index contributed by atoms with van der Waals surface area (Å²) in [7, 11) is 0. The molecule has 0 radical (unpaired) electrons. The third-order valence-corrected chi connectivity index (χ3v) is 1.70. The Hall–Kier alpha value is -0.900. The summed E-state index contributed by atoms with van der Waals surface area (Å²) >= 11 is 0.